The molecular weight excluding hydrogens is 274 g/mol. The minimum absolute atomic E-state index is 0.508. The minimum Gasteiger partial charge on any atom is -0.310 e. The maximum atomic E-state index is 3.59. The van der Waals surface area contributed by atoms with E-state index in [4.69, 9.17) is 0 Å². The first-order valence-electron chi connectivity index (χ1n) is 8.27. The van der Waals surface area contributed by atoms with Crippen LogP contribution in [0.15, 0.2) is 30.3 Å². The highest BCUT2D eigenvalue weighted by Crippen LogP contribution is 2.37. The Balaban J connectivity index is 1.93. The van der Waals surface area contributed by atoms with Crippen molar-refractivity contribution in [2.24, 2.45) is 0 Å². The first-order valence-corrected chi connectivity index (χ1v) is 9.09. The zero-order valence-corrected chi connectivity index (χ0v) is 13.9. The predicted octanol–water partition coefficient (Wildman–Crippen LogP) is 5.35. The second-order valence-electron chi connectivity index (χ2n) is 5.87. The largest absolute Gasteiger partial charge is 0.310 e. The molecule has 0 bridgehead atoms. The van der Waals surface area contributed by atoms with Gasteiger partial charge in [-0.1, -0.05) is 32.0 Å². The Hall–Kier alpha value is -1.12. The molecule has 0 amide bonds. The molecule has 0 radical (unpaired) electrons. The molecular formula is C19H25NS. The maximum absolute atomic E-state index is 3.59. The van der Waals surface area contributed by atoms with Crippen molar-refractivity contribution in [2.45, 2.75) is 52.0 Å². The van der Waals surface area contributed by atoms with Gasteiger partial charge in [-0.3, -0.25) is 0 Å². The van der Waals surface area contributed by atoms with E-state index in [9.17, 15) is 0 Å². The lowest BCUT2D eigenvalue weighted by Gasteiger charge is -2.18. The molecule has 1 aromatic heterocycles. The van der Waals surface area contributed by atoms with E-state index in [0.29, 0.717) is 6.04 Å². The topological polar surface area (TPSA) is 12.0 Å². The van der Waals surface area contributed by atoms with E-state index in [1.165, 1.54) is 41.0 Å². The summed E-state index contributed by atoms with van der Waals surface area (Å²) in [6.45, 7) is 5.48. The van der Waals surface area contributed by atoms with Gasteiger partial charge in [0.1, 0.15) is 0 Å². The molecule has 1 heterocycles. The summed E-state index contributed by atoms with van der Waals surface area (Å²) in [5, 5.41) is 3.59. The Labute approximate surface area is 132 Å². The number of aryl methyl sites for hydroxylation is 1. The summed E-state index contributed by atoms with van der Waals surface area (Å²) < 4.78 is 0. The first kappa shape index (κ1) is 14.8. The Bertz CT molecular complexity index is 599. The third kappa shape index (κ3) is 3.07. The Morgan fingerprint density at radius 2 is 1.95 bits per heavy atom. The van der Waals surface area contributed by atoms with E-state index >= 15 is 0 Å². The summed E-state index contributed by atoms with van der Waals surface area (Å²) in [4.78, 5) is 2.92. The first-order chi connectivity index (χ1) is 10.3. The quantitative estimate of drug-likeness (QED) is 0.784. The van der Waals surface area contributed by atoms with Gasteiger partial charge in [0.15, 0.2) is 0 Å². The summed E-state index contributed by atoms with van der Waals surface area (Å²) in [6.07, 6.45) is 6.36. The van der Waals surface area contributed by atoms with E-state index in [-0.39, 0.29) is 0 Å². The minimum atomic E-state index is 0.508. The van der Waals surface area contributed by atoms with Crippen LogP contribution in [0.1, 0.15) is 55.2 Å². The zero-order valence-electron chi connectivity index (χ0n) is 13.1. The van der Waals surface area contributed by atoms with Crippen molar-refractivity contribution in [1.29, 1.82) is 0 Å². The lowest BCUT2D eigenvalue weighted by molar-refractivity contribution is 0.545. The summed E-state index contributed by atoms with van der Waals surface area (Å²) in [7, 11) is 0. The van der Waals surface area contributed by atoms with Gasteiger partial charge in [-0.2, -0.15) is 0 Å². The van der Waals surface area contributed by atoms with Crippen LogP contribution in [0.2, 0.25) is 0 Å². The van der Waals surface area contributed by atoms with Crippen LogP contribution in [0.25, 0.3) is 10.4 Å². The van der Waals surface area contributed by atoms with Crippen LogP contribution >= 0.6 is 11.3 Å². The fraction of sp³-hybridized carbons (Fsp3) is 0.474. The molecule has 0 fully saturated rings. The number of thiophene rings is 1. The zero-order chi connectivity index (χ0) is 14.7. The van der Waals surface area contributed by atoms with Crippen LogP contribution in [0.5, 0.6) is 0 Å². The molecule has 2 heteroatoms. The van der Waals surface area contributed by atoms with Gasteiger partial charge in [0, 0.05) is 15.8 Å². The molecule has 1 N–H and O–H groups in total. The van der Waals surface area contributed by atoms with Gasteiger partial charge >= 0.3 is 0 Å². The second kappa shape index (κ2) is 6.76. The molecule has 1 nitrogen and oxygen atoms in total. The van der Waals surface area contributed by atoms with Gasteiger partial charge in [-0.05, 0) is 67.5 Å². The highest BCUT2D eigenvalue weighted by atomic mass is 32.1. The van der Waals surface area contributed by atoms with Crippen molar-refractivity contribution < 1.29 is 0 Å². The Kier molecular flexibility index (Phi) is 4.77. The molecule has 1 aliphatic carbocycles. The number of fused-ring (bicyclic) bond motifs is 1. The molecule has 0 saturated carbocycles. The number of hydrogen-bond donors (Lipinski definition) is 1. The van der Waals surface area contributed by atoms with Crippen LogP contribution in [0, 0.1) is 0 Å². The standard InChI is InChI=1S/C19H25NS/c1-3-17(20-4-2)19-13-12-18(21-19)16-11-7-9-14-8-5-6-10-15(14)16/h7,9,11-13,17,20H,3-6,8,10H2,1-2H3. The van der Waals surface area contributed by atoms with Crippen molar-refractivity contribution in [3.63, 3.8) is 0 Å². The molecule has 3 rings (SSSR count). The molecule has 21 heavy (non-hydrogen) atoms. The lowest BCUT2D eigenvalue weighted by atomic mass is 9.88. The normalized spacial score (nSPS) is 15.7. The summed E-state index contributed by atoms with van der Waals surface area (Å²) in [5.74, 6) is 0. The smallest absolute Gasteiger partial charge is 0.0412 e. The third-order valence-corrected chi connectivity index (χ3v) is 5.72. The van der Waals surface area contributed by atoms with Crippen LogP contribution in [-0.2, 0) is 12.8 Å². The van der Waals surface area contributed by atoms with Crippen molar-refractivity contribution >= 4 is 11.3 Å². The molecule has 1 aromatic carbocycles. The fourth-order valence-corrected chi connectivity index (χ4v) is 4.61. The van der Waals surface area contributed by atoms with Gasteiger partial charge in [0.2, 0.25) is 0 Å². The van der Waals surface area contributed by atoms with Crippen molar-refractivity contribution in [1.82, 2.24) is 5.32 Å². The molecule has 1 unspecified atom stereocenters. The average Bonchev–Trinajstić information content (AvgIpc) is 3.01. The number of benzene rings is 1. The Morgan fingerprint density at radius 1 is 1.10 bits per heavy atom. The third-order valence-electron chi connectivity index (χ3n) is 4.49. The molecule has 2 aromatic rings. The summed E-state index contributed by atoms with van der Waals surface area (Å²) >= 11 is 1.97. The Morgan fingerprint density at radius 3 is 2.76 bits per heavy atom. The van der Waals surface area contributed by atoms with Crippen LogP contribution in [0.4, 0.5) is 0 Å². The molecule has 1 aliphatic rings. The molecule has 112 valence electrons. The maximum Gasteiger partial charge on any atom is 0.0412 e. The van der Waals surface area contributed by atoms with Crippen molar-refractivity contribution in [3.05, 3.63) is 46.3 Å². The van der Waals surface area contributed by atoms with Gasteiger partial charge < -0.3 is 5.32 Å². The van der Waals surface area contributed by atoms with Gasteiger partial charge in [-0.15, -0.1) is 11.3 Å². The SMILES string of the molecule is CCNC(CC)c1ccc(-c2cccc3c2CCCC3)s1. The summed E-state index contributed by atoms with van der Waals surface area (Å²) in [5.41, 5.74) is 4.66. The molecule has 0 aliphatic heterocycles. The number of nitrogens with one attached hydrogen (secondary N) is 1. The lowest BCUT2D eigenvalue weighted by Crippen LogP contribution is -2.18. The van der Waals surface area contributed by atoms with E-state index in [1.807, 2.05) is 11.3 Å². The fourth-order valence-electron chi connectivity index (χ4n) is 3.39. The van der Waals surface area contributed by atoms with Crippen LogP contribution in [-0.4, -0.2) is 6.54 Å². The summed E-state index contributed by atoms with van der Waals surface area (Å²) in [6, 6.07) is 12.0. The van der Waals surface area contributed by atoms with Crippen LogP contribution in [0.3, 0.4) is 0 Å². The molecule has 1 atom stereocenters. The predicted molar refractivity (Wildman–Crippen MR) is 93.1 cm³/mol. The molecule has 0 saturated heterocycles. The van der Waals surface area contributed by atoms with E-state index in [2.05, 4.69) is 49.5 Å². The van der Waals surface area contributed by atoms with Gasteiger partial charge in [0.05, 0.1) is 0 Å². The van der Waals surface area contributed by atoms with Crippen molar-refractivity contribution in [2.75, 3.05) is 6.54 Å². The monoisotopic (exact) mass is 299 g/mol. The molecule has 0 spiro atoms. The van der Waals surface area contributed by atoms with E-state index < -0.39 is 0 Å². The number of rotatable bonds is 5. The number of hydrogen-bond acceptors (Lipinski definition) is 2. The van der Waals surface area contributed by atoms with Crippen LogP contribution < -0.4 is 5.32 Å². The van der Waals surface area contributed by atoms with Crippen molar-refractivity contribution in [3.8, 4) is 10.4 Å². The van der Waals surface area contributed by atoms with E-state index in [1.54, 1.807) is 11.1 Å². The average molecular weight is 299 g/mol. The second-order valence-corrected chi connectivity index (χ2v) is 6.99. The van der Waals surface area contributed by atoms with E-state index in [0.717, 1.165) is 13.0 Å². The highest BCUT2D eigenvalue weighted by molar-refractivity contribution is 7.15. The van der Waals surface area contributed by atoms with Gasteiger partial charge in [-0.25, -0.2) is 0 Å². The van der Waals surface area contributed by atoms with Gasteiger partial charge in [0.25, 0.3) is 0 Å². The highest BCUT2D eigenvalue weighted by Gasteiger charge is 2.16.